The van der Waals surface area contributed by atoms with Gasteiger partial charge in [0, 0.05) is 0 Å². The number of benzene rings is 2. The van der Waals surface area contributed by atoms with Gasteiger partial charge in [0.05, 0.1) is 30.9 Å². The zero-order chi connectivity index (χ0) is 20.7. The molecule has 0 spiro atoms. The minimum atomic E-state index is -4.30. The van der Waals surface area contributed by atoms with Crippen LogP contribution in [0.1, 0.15) is 13.8 Å². The molecule has 0 unspecified atom stereocenters. The van der Waals surface area contributed by atoms with Crippen molar-refractivity contribution in [3.05, 3.63) is 48.3 Å². The monoisotopic (exact) mass is 411 g/mol. The molecule has 0 saturated carbocycles. The van der Waals surface area contributed by atoms with Gasteiger partial charge in [0.2, 0.25) is 0 Å². The average Bonchev–Trinajstić information content (AvgIpc) is 2.67. The van der Waals surface area contributed by atoms with E-state index in [0.717, 1.165) is 10.4 Å². The zero-order valence-corrected chi connectivity index (χ0v) is 16.7. The van der Waals surface area contributed by atoms with Crippen LogP contribution in [0, 0.1) is 5.82 Å². The predicted molar refractivity (Wildman–Crippen MR) is 102 cm³/mol. The lowest BCUT2D eigenvalue weighted by atomic mass is 10.3. The molecule has 2 aromatic rings. The van der Waals surface area contributed by atoms with Gasteiger partial charge in [-0.15, -0.1) is 0 Å². The van der Waals surface area contributed by atoms with Crippen LogP contribution in [-0.2, 0) is 19.6 Å². The van der Waals surface area contributed by atoms with Gasteiger partial charge < -0.3 is 14.2 Å². The Labute approximate surface area is 163 Å². The molecule has 0 saturated heterocycles. The highest BCUT2D eigenvalue weighted by Gasteiger charge is 2.30. The predicted octanol–water partition coefficient (Wildman–Crippen LogP) is 2.99. The van der Waals surface area contributed by atoms with E-state index < -0.39 is 28.4 Å². The fourth-order valence-electron chi connectivity index (χ4n) is 2.50. The van der Waals surface area contributed by atoms with E-state index in [2.05, 4.69) is 0 Å². The number of anilines is 1. The van der Waals surface area contributed by atoms with Crippen molar-refractivity contribution in [1.82, 2.24) is 0 Å². The number of nitrogens with zero attached hydrogens (tertiary/aromatic N) is 1. The molecule has 0 aromatic heterocycles. The van der Waals surface area contributed by atoms with Gasteiger partial charge in [-0.3, -0.25) is 9.10 Å². The second-order valence-electron chi connectivity index (χ2n) is 5.51. The molecule has 0 heterocycles. The van der Waals surface area contributed by atoms with E-state index >= 15 is 0 Å². The topological polar surface area (TPSA) is 82.1 Å². The van der Waals surface area contributed by atoms with Crippen LogP contribution in [-0.4, -0.2) is 41.3 Å². The van der Waals surface area contributed by atoms with E-state index in [-0.39, 0.29) is 28.7 Å². The second kappa shape index (κ2) is 9.41. The van der Waals surface area contributed by atoms with E-state index in [1.165, 1.54) is 25.3 Å². The first-order valence-corrected chi connectivity index (χ1v) is 10.0. The van der Waals surface area contributed by atoms with Crippen molar-refractivity contribution >= 4 is 21.7 Å². The van der Waals surface area contributed by atoms with Crippen LogP contribution < -0.4 is 13.8 Å². The van der Waals surface area contributed by atoms with Crippen molar-refractivity contribution in [1.29, 1.82) is 0 Å². The number of halogens is 1. The Morgan fingerprint density at radius 1 is 1.07 bits per heavy atom. The third-order valence-electron chi connectivity index (χ3n) is 3.72. The first-order chi connectivity index (χ1) is 13.3. The first-order valence-electron chi connectivity index (χ1n) is 8.58. The minimum Gasteiger partial charge on any atom is -0.494 e. The standard InChI is InChI=1S/C19H22FNO6S/c1-4-26-18-9-7-6-8-16(18)21(13-19(22)27-5-2)28(23,24)14-10-11-17(25-3)15(20)12-14/h6-12H,4-5,13H2,1-3H3. The maximum Gasteiger partial charge on any atom is 0.326 e. The summed E-state index contributed by atoms with van der Waals surface area (Å²) in [6.45, 7) is 3.16. The van der Waals surface area contributed by atoms with Crippen molar-refractivity contribution in [2.45, 2.75) is 18.7 Å². The minimum absolute atomic E-state index is 0.0920. The number of hydrogen-bond acceptors (Lipinski definition) is 6. The SMILES string of the molecule is CCOC(=O)CN(c1ccccc1OCC)S(=O)(=O)c1ccc(OC)c(F)c1. The summed E-state index contributed by atoms with van der Waals surface area (Å²) in [7, 11) is -3.02. The molecule has 2 rings (SSSR count). The van der Waals surface area contributed by atoms with Crippen LogP contribution in [0.3, 0.4) is 0 Å². The summed E-state index contributed by atoms with van der Waals surface area (Å²) < 4.78 is 56.7. The van der Waals surface area contributed by atoms with Gasteiger partial charge >= 0.3 is 5.97 Å². The Balaban J connectivity index is 2.58. The molecule has 0 aliphatic carbocycles. The van der Waals surface area contributed by atoms with Gasteiger partial charge in [0.25, 0.3) is 10.0 Å². The van der Waals surface area contributed by atoms with Gasteiger partial charge in [-0.25, -0.2) is 12.8 Å². The Bertz CT molecular complexity index is 932. The number of sulfonamides is 1. The first kappa shape index (κ1) is 21.5. The Morgan fingerprint density at radius 3 is 2.39 bits per heavy atom. The molecule has 0 aliphatic heterocycles. The summed E-state index contributed by atoms with van der Waals surface area (Å²) in [5.74, 6) is -1.40. The third kappa shape index (κ3) is 4.72. The Hall–Kier alpha value is -2.81. The van der Waals surface area contributed by atoms with E-state index in [0.29, 0.717) is 6.61 Å². The third-order valence-corrected chi connectivity index (χ3v) is 5.48. The Kier molecular flexibility index (Phi) is 7.22. The molecule has 152 valence electrons. The summed E-state index contributed by atoms with van der Waals surface area (Å²) in [6, 6.07) is 9.63. The quantitative estimate of drug-likeness (QED) is 0.590. The molecule has 0 radical (unpaired) electrons. The fraction of sp³-hybridized carbons (Fsp3) is 0.316. The van der Waals surface area contributed by atoms with Crippen LogP contribution in [0.4, 0.5) is 10.1 Å². The highest BCUT2D eigenvalue weighted by Crippen LogP contribution is 2.33. The molecule has 28 heavy (non-hydrogen) atoms. The fourth-order valence-corrected chi connectivity index (χ4v) is 3.93. The van der Waals surface area contributed by atoms with Crippen molar-refractivity contribution in [2.24, 2.45) is 0 Å². The molecule has 0 fully saturated rings. The molecule has 9 heteroatoms. The van der Waals surface area contributed by atoms with Crippen molar-refractivity contribution < 1.29 is 31.8 Å². The molecule has 0 aliphatic rings. The lowest BCUT2D eigenvalue weighted by Gasteiger charge is -2.25. The molecule has 2 aromatic carbocycles. The summed E-state index contributed by atoms with van der Waals surface area (Å²) in [5.41, 5.74) is 0.147. The van der Waals surface area contributed by atoms with Crippen LogP contribution in [0.2, 0.25) is 0 Å². The molecule has 0 bridgehead atoms. The van der Waals surface area contributed by atoms with Gasteiger partial charge in [0.15, 0.2) is 11.6 Å². The summed E-state index contributed by atoms with van der Waals surface area (Å²) in [4.78, 5) is 11.7. The van der Waals surface area contributed by atoms with Gasteiger partial charge in [-0.1, -0.05) is 12.1 Å². The number of ether oxygens (including phenoxy) is 3. The van der Waals surface area contributed by atoms with Crippen molar-refractivity contribution in [3.8, 4) is 11.5 Å². The number of rotatable bonds is 9. The maximum absolute atomic E-state index is 14.1. The van der Waals surface area contributed by atoms with Crippen molar-refractivity contribution in [3.63, 3.8) is 0 Å². The van der Waals surface area contributed by atoms with E-state index in [1.807, 2.05) is 0 Å². The zero-order valence-electron chi connectivity index (χ0n) is 15.8. The summed E-state index contributed by atoms with van der Waals surface area (Å²) >= 11 is 0. The smallest absolute Gasteiger partial charge is 0.326 e. The number of esters is 1. The number of methoxy groups -OCH3 is 1. The average molecular weight is 411 g/mol. The van der Waals surface area contributed by atoms with Crippen molar-refractivity contribution in [2.75, 3.05) is 31.2 Å². The molecular formula is C19H22FNO6S. The number of para-hydroxylation sites is 2. The highest BCUT2D eigenvalue weighted by molar-refractivity contribution is 7.92. The van der Waals surface area contributed by atoms with Gasteiger partial charge in [-0.2, -0.15) is 0 Å². The van der Waals surface area contributed by atoms with E-state index in [4.69, 9.17) is 14.2 Å². The van der Waals surface area contributed by atoms with E-state index in [9.17, 15) is 17.6 Å². The van der Waals surface area contributed by atoms with Crippen LogP contribution >= 0.6 is 0 Å². The highest BCUT2D eigenvalue weighted by atomic mass is 32.2. The largest absolute Gasteiger partial charge is 0.494 e. The van der Waals surface area contributed by atoms with E-state index in [1.54, 1.807) is 32.0 Å². The normalized spacial score (nSPS) is 11.0. The number of hydrogen-bond donors (Lipinski definition) is 0. The number of carbonyl (C=O) groups is 1. The number of carbonyl (C=O) groups excluding carboxylic acids is 1. The molecule has 0 atom stereocenters. The van der Waals surface area contributed by atoms with Crippen LogP contribution in [0.5, 0.6) is 11.5 Å². The summed E-state index contributed by atoms with van der Waals surface area (Å²) in [5, 5.41) is 0. The summed E-state index contributed by atoms with van der Waals surface area (Å²) in [6.07, 6.45) is 0. The second-order valence-corrected chi connectivity index (χ2v) is 7.38. The van der Waals surface area contributed by atoms with Gasteiger partial charge in [-0.05, 0) is 44.2 Å². The van der Waals surface area contributed by atoms with Crippen LogP contribution in [0.15, 0.2) is 47.4 Å². The van der Waals surface area contributed by atoms with Gasteiger partial charge in [0.1, 0.15) is 12.3 Å². The molecule has 0 N–H and O–H groups in total. The van der Waals surface area contributed by atoms with Crippen LogP contribution in [0.25, 0.3) is 0 Å². The lowest BCUT2D eigenvalue weighted by Crippen LogP contribution is -2.37. The molecular weight excluding hydrogens is 389 g/mol. The molecule has 0 amide bonds. The lowest BCUT2D eigenvalue weighted by molar-refractivity contribution is -0.141. The Morgan fingerprint density at radius 2 is 1.79 bits per heavy atom. The molecule has 7 nitrogen and oxygen atoms in total. The maximum atomic E-state index is 14.1.